The number of carbonyl (C=O) groups is 4. The van der Waals surface area contributed by atoms with Gasteiger partial charge in [0.2, 0.25) is 0 Å². The maximum absolute atomic E-state index is 12.1. The van der Waals surface area contributed by atoms with Gasteiger partial charge in [-0.05, 0) is 5.56 Å². The normalized spacial score (nSPS) is 22.9. The smallest absolute Gasteiger partial charge is 0.259 e. The van der Waals surface area contributed by atoms with Gasteiger partial charge in [0.1, 0.15) is 0 Å². The van der Waals surface area contributed by atoms with Crippen molar-refractivity contribution in [3.05, 3.63) is 48.0 Å². The molecular weight excluding hydrogens is 288 g/mol. The topological polar surface area (TPSA) is 95.0 Å². The second-order valence-electron chi connectivity index (χ2n) is 5.09. The molecule has 0 aliphatic carbocycles. The van der Waals surface area contributed by atoms with Crippen LogP contribution < -0.4 is 0 Å². The maximum atomic E-state index is 12.1. The number of imide groups is 2. The zero-order chi connectivity index (χ0) is 15.9. The molecule has 1 aromatic carbocycles. The molecule has 1 aromatic rings. The molecule has 1 saturated heterocycles. The van der Waals surface area contributed by atoms with E-state index in [2.05, 4.69) is 0 Å². The summed E-state index contributed by atoms with van der Waals surface area (Å²) in [5, 5.41) is 9.49. The molecule has 0 aromatic heterocycles. The molecule has 2 unspecified atom stereocenters. The van der Waals surface area contributed by atoms with Gasteiger partial charge in [0.05, 0.1) is 12.0 Å². The lowest BCUT2D eigenvalue weighted by molar-refractivity contribution is -0.172. The van der Waals surface area contributed by atoms with Crippen molar-refractivity contribution in [3.8, 4) is 0 Å². The first-order valence-corrected chi connectivity index (χ1v) is 6.66. The van der Waals surface area contributed by atoms with E-state index in [0.29, 0.717) is 5.56 Å². The van der Waals surface area contributed by atoms with Crippen molar-refractivity contribution in [1.29, 1.82) is 0 Å². The Balaban J connectivity index is 2.05. The lowest BCUT2D eigenvalue weighted by Gasteiger charge is -2.29. The number of rotatable bonds is 3. The molecule has 1 N–H and O–H groups in total. The first-order valence-electron chi connectivity index (χ1n) is 6.66. The van der Waals surface area contributed by atoms with Gasteiger partial charge < -0.3 is 0 Å². The van der Waals surface area contributed by atoms with Crippen molar-refractivity contribution >= 4 is 23.6 Å². The van der Waals surface area contributed by atoms with Crippen LogP contribution in [0.25, 0.3) is 0 Å². The average Bonchev–Trinajstić information content (AvgIpc) is 2.97. The van der Waals surface area contributed by atoms with E-state index in [-0.39, 0.29) is 11.5 Å². The van der Waals surface area contributed by atoms with Gasteiger partial charge in [0, 0.05) is 18.6 Å². The maximum Gasteiger partial charge on any atom is 0.259 e. The Labute approximate surface area is 125 Å². The van der Waals surface area contributed by atoms with Crippen LogP contribution in [0.1, 0.15) is 18.0 Å². The number of carbonyl (C=O) groups excluding carboxylic acids is 4. The van der Waals surface area contributed by atoms with Crippen LogP contribution in [-0.2, 0) is 19.2 Å². The minimum atomic E-state index is -0.993. The molecular formula is C15H12N2O5. The Hall–Kier alpha value is -2.80. The molecule has 0 spiro atoms. The molecule has 0 bridgehead atoms. The number of hydrogen-bond acceptors (Lipinski definition) is 5. The van der Waals surface area contributed by atoms with E-state index in [4.69, 9.17) is 0 Å². The number of hydrogen-bond donors (Lipinski definition) is 1. The van der Waals surface area contributed by atoms with Crippen LogP contribution in [0.4, 0.5) is 0 Å². The lowest BCUT2D eigenvalue weighted by atomic mass is 9.90. The highest BCUT2D eigenvalue weighted by atomic mass is 16.5. The summed E-state index contributed by atoms with van der Waals surface area (Å²) in [6.45, 7) is 0. The van der Waals surface area contributed by atoms with Crippen molar-refractivity contribution < 1.29 is 24.4 Å². The largest absolute Gasteiger partial charge is 0.279 e. The van der Waals surface area contributed by atoms with Crippen molar-refractivity contribution in [2.75, 3.05) is 0 Å². The third kappa shape index (κ3) is 2.11. The fraction of sp³-hybridized carbons (Fsp3) is 0.200. The summed E-state index contributed by atoms with van der Waals surface area (Å²) in [6.07, 6.45) is 1.98. The number of amides is 4. The number of nitrogens with zero attached hydrogens (tertiary/aromatic N) is 2. The van der Waals surface area contributed by atoms with Gasteiger partial charge in [0.15, 0.2) is 0 Å². The Morgan fingerprint density at radius 3 is 2.09 bits per heavy atom. The van der Waals surface area contributed by atoms with Gasteiger partial charge in [-0.15, -0.1) is 0 Å². The van der Waals surface area contributed by atoms with Crippen molar-refractivity contribution in [2.45, 2.75) is 12.5 Å². The van der Waals surface area contributed by atoms with Crippen LogP contribution in [0.2, 0.25) is 0 Å². The second-order valence-corrected chi connectivity index (χ2v) is 5.09. The predicted molar refractivity (Wildman–Crippen MR) is 71.9 cm³/mol. The standard InChI is InChI=1S/C15H12N2O5/c18-11-6-7-12(19)16(11)14(9-4-2-1-3-5-9)10-8-13(20)17(22)15(10)21/h1-7,10,14,22H,8H2. The monoisotopic (exact) mass is 300 g/mol. The fourth-order valence-corrected chi connectivity index (χ4v) is 2.79. The molecule has 2 aliphatic rings. The summed E-state index contributed by atoms with van der Waals surface area (Å²) in [7, 11) is 0. The minimum Gasteiger partial charge on any atom is -0.279 e. The van der Waals surface area contributed by atoms with E-state index in [1.807, 2.05) is 0 Å². The Morgan fingerprint density at radius 1 is 1.00 bits per heavy atom. The summed E-state index contributed by atoms with van der Waals surface area (Å²) in [5.74, 6) is -3.65. The first kappa shape index (κ1) is 14.2. The molecule has 4 amide bonds. The highest BCUT2D eigenvalue weighted by molar-refractivity contribution is 6.14. The van der Waals surface area contributed by atoms with Gasteiger partial charge in [-0.1, -0.05) is 30.3 Å². The molecule has 1 fully saturated rings. The quantitative estimate of drug-likeness (QED) is 0.644. The van der Waals surface area contributed by atoms with E-state index in [0.717, 1.165) is 17.1 Å². The minimum absolute atomic E-state index is 0.0546. The summed E-state index contributed by atoms with van der Waals surface area (Å²) < 4.78 is 0. The van der Waals surface area contributed by atoms with Gasteiger partial charge >= 0.3 is 0 Å². The van der Waals surface area contributed by atoms with E-state index < -0.39 is 35.6 Å². The molecule has 0 radical (unpaired) electrons. The Bertz CT molecular complexity index is 679. The van der Waals surface area contributed by atoms with E-state index in [1.54, 1.807) is 30.3 Å². The lowest BCUT2D eigenvalue weighted by Crippen LogP contribution is -2.40. The van der Waals surface area contributed by atoms with Gasteiger partial charge in [-0.2, -0.15) is 5.06 Å². The fourth-order valence-electron chi connectivity index (χ4n) is 2.79. The average molecular weight is 300 g/mol. The molecule has 7 heteroatoms. The predicted octanol–water partition coefficient (Wildman–Crippen LogP) is 0.417. The molecule has 7 nitrogen and oxygen atoms in total. The van der Waals surface area contributed by atoms with Gasteiger partial charge in [-0.3, -0.25) is 29.3 Å². The third-order valence-electron chi connectivity index (χ3n) is 3.80. The van der Waals surface area contributed by atoms with Crippen molar-refractivity contribution in [3.63, 3.8) is 0 Å². The highest BCUT2D eigenvalue weighted by Gasteiger charge is 2.48. The highest BCUT2D eigenvalue weighted by Crippen LogP contribution is 2.37. The van der Waals surface area contributed by atoms with Crippen molar-refractivity contribution in [1.82, 2.24) is 9.96 Å². The molecule has 2 heterocycles. The van der Waals surface area contributed by atoms with E-state index >= 15 is 0 Å². The van der Waals surface area contributed by atoms with Crippen LogP contribution in [0, 0.1) is 5.92 Å². The van der Waals surface area contributed by atoms with Crippen LogP contribution in [-0.4, -0.2) is 38.8 Å². The van der Waals surface area contributed by atoms with E-state index in [1.165, 1.54) is 0 Å². The third-order valence-corrected chi connectivity index (χ3v) is 3.80. The van der Waals surface area contributed by atoms with Crippen LogP contribution in [0.5, 0.6) is 0 Å². The van der Waals surface area contributed by atoms with Crippen LogP contribution >= 0.6 is 0 Å². The summed E-state index contributed by atoms with van der Waals surface area (Å²) in [5.41, 5.74) is 0.550. The summed E-state index contributed by atoms with van der Waals surface area (Å²) >= 11 is 0. The Morgan fingerprint density at radius 2 is 1.59 bits per heavy atom. The number of hydroxylamine groups is 2. The zero-order valence-corrected chi connectivity index (χ0v) is 11.4. The second kappa shape index (κ2) is 5.19. The molecule has 0 saturated carbocycles. The van der Waals surface area contributed by atoms with Gasteiger partial charge in [0.25, 0.3) is 23.6 Å². The Kier molecular flexibility index (Phi) is 3.34. The molecule has 2 aliphatic heterocycles. The summed E-state index contributed by atoms with van der Waals surface area (Å²) in [4.78, 5) is 48.5. The first-order chi connectivity index (χ1) is 10.5. The molecule has 22 heavy (non-hydrogen) atoms. The zero-order valence-electron chi connectivity index (χ0n) is 11.4. The van der Waals surface area contributed by atoms with Crippen LogP contribution in [0.3, 0.4) is 0 Å². The summed E-state index contributed by atoms with van der Waals surface area (Å²) in [6, 6.07) is 7.58. The molecule has 3 rings (SSSR count). The number of benzene rings is 1. The van der Waals surface area contributed by atoms with Crippen molar-refractivity contribution in [2.24, 2.45) is 5.92 Å². The molecule has 112 valence electrons. The SMILES string of the molecule is O=C1CC(C(c2ccccc2)N2C(=O)C=CC2=O)C(=O)N1O. The van der Waals surface area contributed by atoms with E-state index in [9.17, 15) is 24.4 Å². The molecule has 2 atom stereocenters. The van der Waals surface area contributed by atoms with Gasteiger partial charge in [-0.25, -0.2) is 0 Å². The van der Waals surface area contributed by atoms with Crippen LogP contribution in [0.15, 0.2) is 42.5 Å².